The quantitative estimate of drug-likeness (QED) is 0.331. The number of aromatic hydroxyl groups is 1. The minimum absolute atomic E-state index is 0.124. The van der Waals surface area contributed by atoms with Gasteiger partial charge in [0, 0.05) is 17.4 Å². The van der Waals surface area contributed by atoms with E-state index in [1.54, 1.807) is 0 Å². The van der Waals surface area contributed by atoms with Crippen LogP contribution in [-0.4, -0.2) is 5.11 Å². The van der Waals surface area contributed by atoms with Crippen molar-refractivity contribution in [1.29, 1.82) is 0 Å². The smallest absolute Gasteiger partial charge is 0.119 e. The van der Waals surface area contributed by atoms with Crippen LogP contribution in [0.2, 0.25) is 0 Å². The fourth-order valence-corrected chi connectivity index (χ4v) is 4.45. The summed E-state index contributed by atoms with van der Waals surface area (Å²) < 4.78 is 0. The fourth-order valence-electron chi connectivity index (χ4n) is 4.45. The second-order valence-electron chi connectivity index (χ2n) is 8.46. The average Bonchev–Trinajstić information content (AvgIpc) is 2.84. The van der Waals surface area contributed by atoms with Crippen molar-refractivity contribution in [3.63, 3.8) is 0 Å². The van der Waals surface area contributed by atoms with Crippen LogP contribution in [0.5, 0.6) is 5.75 Å². The summed E-state index contributed by atoms with van der Waals surface area (Å²) in [6.45, 7) is 4.51. The highest BCUT2D eigenvalue weighted by Crippen LogP contribution is 2.40. The molecule has 3 atom stereocenters. The van der Waals surface area contributed by atoms with Crippen molar-refractivity contribution in [3.8, 4) is 5.75 Å². The van der Waals surface area contributed by atoms with Crippen LogP contribution >= 0.6 is 0 Å². The molecule has 156 valence electrons. The molecule has 0 saturated heterocycles. The maximum atomic E-state index is 10.9. The molecule has 0 bridgehead atoms. The highest BCUT2D eigenvalue weighted by atomic mass is 16.3. The predicted molar refractivity (Wildman–Crippen MR) is 130 cm³/mol. The van der Waals surface area contributed by atoms with Crippen LogP contribution in [-0.2, 0) is 0 Å². The lowest BCUT2D eigenvalue weighted by Gasteiger charge is -2.25. The largest absolute Gasteiger partial charge is 0.508 e. The van der Waals surface area contributed by atoms with Crippen LogP contribution in [0.4, 0.5) is 0 Å². The number of hydrogen-bond acceptors (Lipinski definition) is 1. The molecule has 1 N–H and O–H groups in total. The molecule has 1 nitrogen and oxygen atoms in total. The van der Waals surface area contributed by atoms with E-state index >= 15 is 0 Å². The van der Waals surface area contributed by atoms with E-state index in [9.17, 15) is 5.11 Å². The van der Waals surface area contributed by atoms with Gasteiger partial charge in [-0.3, -0.25) is 0 Å². The molecule has 0 fully saturated rings. The van der Waals surface area contributed by atoms with Crippen LogP contribution < -0.4 is 0 Å². The maximum absolute atomic E-state index is 10.9. The standard InChI is InChI=1S/C30H30O/c1-22(24-12-6-3-7-13-24)20-28(26-16-10-5-11-17-26)29-21-27(18-19-30(29)31)23(2)25-14-8-4-9-15-25/h3-19,21-23,28,31H,20H2,1-2H3. The van der Waals surface area contributed by atoms with Gasteiger partial charge in [-0.15, -0.1) is 0 Å². The summed E-state index contributed by atoms with van der Waals surface area (Å²) in [7, 11) is 0. The third-order valence-electron chi connectivity index (χ3n) is 6.39. The molecule has 1 heteroatoms. The Kier molecular flexibility index (Phi) is 6.52. The number of hydrogen-bond donors (Lipinski definition) is 1. The molecule has 0 aliphatic rings. The van der Waals surface area contributed by atoms with E-state index in [1.165, 1.54) is 22.3 Å². The fraction of sp³-hybridized carbons (Fsp3) is 0.200. The Morgan fingerprint density at radius 2 is 1.10 bits per heavy atom. The van der Waals surface area contributed by atoms with Gasteiger partial charge >= 0.3 is 0 Å². The molecule has 31 heavy (non-hydrogen) atoms. The van der Waals surface area contributed by atoms with Gasteiger partial charge in [0.05, 0.1) is 0 Å². The van der Waals surface area contributed by atoms with Crippen molar-refractivity contribution < 1.29 is 5.11 Å². The Morgan fingerprint density at radius 1 is 0.581 bits per heavy atom. The zero-order valence-corrected chi connectivity index (χ0v) is 18.3. The molecule has 0 saturated carbocycles. The molecule has 4 aromatic carbocycles. The summed E-state index contributed by atoms with van der Waals surface area (Å²) in [4.78, 5) is 0. The Balaban J connectivity index is 1.72. The molecule has 4 aromatic rings. The predicted octanol–water partition coefficient (Wildman–Crippen LogP) is 7.87. The van der Waals surface area contributed by atoms with Gasteiger partial charge in [-0.1, -0.05) is 117 Å². The summed E-state index contributed by atoms with van der Waals surface area (Å²) in [6, 6.07) is 37.9. The van der Waals surface area contributed by atoms with Gasteiger partial charge in [0.1, 0.15) is 5.75 Å². The van der Waals surface area contributed by atoms with Gasteiger partial charge in [0.2, 0.25) is 0 Å². The molecule has 0 aliphatic heterocycles. The normalized spacial score (nSPS) is 14.0. The Labute approximate surface area is 186 Å². The molecule has 3 unspecified atom stereocenters. The van der Waals surface area contributed by atoms with Gasteiger partial charge in [-0.05, 0) is 40.7 Å². The molecule has 0 aliphatic carbocycles. The third-order valence-corrected chi connectivity index (χ3v) is 6.39. The molecule has 0 radical (unpaired) electrons. The third kappa shape index (κ3) is 4.88. The minimum Gasteiger partial charge on any atom is -0.508 e. The Bertz CT molecular complexity index is 1090. The lowest BCUT2D eigenvalue weighted by molar-refractivity contribution is 0.459. The van der Waals surface area contributed by atoms with Crippen molar-refractivity contribution in [3.05, 3.63) is 137 Å². The van der Waals surface area contributed by atoms with Crippen molar-refractivity contribution in [2.45, 2.75) is 38.0 Å². The van der Waals surface area contributed by atoms with Gasteiger partial charge in [-0.2, -0.15) is 0 Å². The molecule has 0 aromatic heterocycles. The lowest BCUT2D eigenvalue weighted by Crippen LogP contribution is -2.08. The van der Waals surface area contributed by atoms with Crippen LogP contribution in [0.15, 0.2) is 109 Å². The van der Waals surface area contributed by atoms with E-state index in [0.29, 0.717) is 11.7 Å². The molecular weight excluding hydrogens is 376 g/mol. The first-order chi connectivity index (χ1) is 15.1. The summed E-state index contributed by atoms with van der Waals surface area (Å²) in [5, 5.41) is 10.9. The molecule has 0 heterocycles. The summed E-state index contributed by atoms with van der Waals surface area (Å²) in [5.74, 6) is 1.14. The number of rotatable bonds is 7. The number of benzene rings is 4. The second-order valence-corrected chi connectivity index (χ2v) is 8.46. The van der Waals surface area contributed by atoms with Gasteiger partial charge in [-0.25, -0.2) is 0 Å². The topological polar surface area (TPSA) is 20.2 Å². The first kappa shape index (κ1) is 20.9. The summed E-state index contributed by atoms with van der Waals surface area (Å²) >= 11 is 0. The number of phenols is 1. The summed E-state index contributed by atoms with van der Waals surface area (Å²) in [5.41, 5.74) is 6.09. The van der Waals surface area contributed by atoms with Crippen molar-refractivity contribution in [2.24, 2.45) is 0 Å². The lowest BCUT2D eigenvalue weighted by atomic mass is 9.80. The zero-order chi connectivity index (χ0) is 21.6. The SMILES string of the molecule is CC(CC(c1ccccc1)c1cc(C(C)c2ccccc2)ccc1O)c1ccccc1. The van der Waals surface area contributed by atoms with E-state index in [0.717, 1.165) is 12.0 Å². The van der Waals surface area contributed by atoms with Crippen LogP contribution in [0.25, 0.3) is 0 Å². The highest BCUT2D eigenvalue weighted by molar-refractivity contribution is 5.46. The van der Waals surface area contributed by atoms with E-state index in [-0.39, 0.29) is 11.8 Å². The highest BCUT2D eigenvalue weighted by Gasteiger charge is 2.22. The average molecular weight is 407 g/mol. The van der Waals surface area contributed by atoms with Crippen LogP contribution in [0, 0.1) is 0 Å². The van der Waals surface area contributed by atoms with Crippen molar-refractivity contribution in [2.75, 3.05) is 0 Å². The Morgan fingerprint density at radius 3 is 1.68 bits per heavy atom. The van der Waals surface area contributed by atoms with Crippen LogP contribution in [0.3, 0.4) is 0 Å². The molecular formula is C30H30O. The van der Waals surface area contributed by atoms with Crippen LogP contribution in [0.1, 0.15) is 65.8 Å². The van der Waals surface area contributed by atoms with E-state index in [2.05, 4.69) is 117 Å². The van der Waals surface area contributed by atoms with Gasteiger partial charge in [0.15, 0.2) is 0 Å². The molecule has 0 amide bonds. The molecule has 0 spiro atoms. The Hall–Kier alpha value is -3.32. The minimum atomic E-state index is 0.124. The van der Waals surface area contributed by atoms with E-state index in [4.69, 9.17) is 0 Å². The zero-order valence-electron chi connectivity index (χ0n) is 18.3. The van der Waals surface area contributed by atoms with Gasteiger partial charge < -0.3 is 5.11 Å². The number of phenolic OH excluding ortho intramolecular Hbond substituents is 1. The first-order valence-electron chi connectivity index (χ1n) is 11.1. The summed E-state index contributed by atoms with van der Waals surface area (Å²) in [6.07, 6.45) is 0.935. The maximum Gasteiger partial charge on any atom is 0.119 e. The van der Waals surface area contributed by atoms with Gasteiger partial charge in [0.25, 0.3) is 0 Å². The second kappa shape index (κ2) is 9.66. The van der Waals surface area contributed by atoms with E-state index in [1.807, 2.05) is 6.07 Å². The van der Waals surface area contributed by atoms with Crippen molar-refractivity contribution >= 4 is 0 Å². The first-order valence-corrected chi connectivity index (χ1v) is 11.1. The van der Waals surface area contributed by atoms with E-state index < -0.39 is 0 Å². The van der Waals surface area contributed by atoms with Crippen molar-refractivity contribution in [1.82, 2.24) is 0 Å². The monoisotopic (exact) mass is 406 g/mol. The molecule has 4 rings (SSSR count).